The minimum atomic E-state index is -1.04. The maximum absolute atomic E-state index is 14.1. The number of aryl methyl sites for hydroxylation is 1. The number of amides is 2. The first-order valence-electron chi connectivity index (χ1n) is 16.9. The second-order valence-electron chi connectivity index (χ2n) is 13.2. The van der Waals surface area contributed by atoms with Crippen LogP contribution in [0.2, 0.25) is 10.0 Å². The monoisotopic (exact) mass is 730 g/mol. The van der Waals surface area contributed by atoms with Crippen molar-refractivity contribution in [2.75, 3.05) is 33.9 Å². The Kier molecular flexibility index (Phi) is 12.5. The minimum absolute atomic E-state index is 0.0166. The van der Waals surface area contributed by atoms with Crippen LogP contribution in [0.15, 0.2) is 46.0 Å². The van der Waals surface area contributed by atoms with E-state index in [2.05, 4.69) is 10.3 Å². The number of methoxy groups -OCH3 is 2. The van der Waals surface area contributed by atoms with Gasteiger partial charge >= 0.3 is 11.9 Å². The first-order chi connectivity index (χ1) is 23.6. The molecule has 1 aromatic carbocycles. The zero-order valence-corrected chi connectivity index (χ0v) is 30.6. The molecule has 3 heterocycles. The Balaban J connectivity index is 1.48. The number of hydrogen-bond acceptors (Lipinski definition) is 9. The number of nitrogens with one attached hydrogen (secondary N) is 1. The van der Waals surface area contributed by atoms with Crippen LogP contribution in [0.25, 0.3) is 0 Å². The zero-order chi connectivity index (χ0) is 35.1. The summed E-state index contributed by atoms with van der Waals surface area (Å²) in [4.78, 5) is 64.2. The molecular weight excluding hydrogens is 687 g/mol. The maximum Gasteiger partial charge on any atom is 0.336 e. The van der Waals surface area contributed by atoms with E-state index in [4.69, 9.17) is 37.7 Å². The molecule has 0 bridgehead atoms. The predicted octanol–water partition coefficient (Wildman–Crippen LogP) is 6.55. The topological polar surface area (TPSA) is 127 Å². The molecule has 1 saturated carbocycles. The number of hydrogen-bond donors (Lipinski definition) is 1. The first-order valence-corrected chi connectivity index (χ1v) is 18.5. The number of carbonyl (C=O) groups excluding carboxylic acids is 4. The lowest BCUT2D eigenvalue weighted by atomic mass is 9.63. The first kappa shape index (κ1) is 37.0. The molecule has 1 aromatic heterocycles. The molecule has 1 aliphatic carbocycles. The number of nitrogens with zero attached hydrogens (tertiary/aromatic N) is 3. The average Bonchev–Trinajstić information content (AvgIpc) is 3.63. The molecule has 2 fully saturated rings. The van der Waals surface area contributed by atoms with Crippen LogP contribution in [0.4, 0.5) is 0 Å². The fraction of sp³-hybridized carbons (Fsp3) is 0.556. The number of esters is 2. The Morgan fingerprint density at radius 2 is 1.71 bits per heavy atom. The Morgan fingerprint density at radius 3 is 2.31 bits per heavy atom. The zero-order valence-electron chi connectivity index (χ0n) is 28.3. The molecule has 0 spiro atoms. The van der Waals surface area contributed by atoms with E-state index >= 15 is 0 Å². The van der Waals surface area contributed by atoms with E-state index in [1.54, 1.807) is 31.3 Å². The fourth-order valence-corrected chi connectivity index (χ4v) is 9.21. The third-order valence-electron chi connectivity index (χ3n) is 10.4. The molecule has 1 N–H and O–H groups in total. The Hall–Kier alpha value is -3.28. The van der Waals surface area contributed by atoms with Gasteiger partial charge in [-0.3, -0.25) is 19.4 Å². The molecule has 13 heteroatoms. The van der Waals surface area contributed by atoms with Gasteiger partial charge in [-0.1, -0.05) is 48.5 Å². The quantitative estimate of drug-likeness (QED) is 0.260. The number of rotatable bonds is 11. The number of carbonyl (C=O) groups is 4. The van der Waals surface area contributed by atoms with Crippen molar-refractivity contribution >= 4 is 64.0 Å². The molecule has 10 nitrogen and oxygen atoms in total. The van der Waals surface area contributed by atoms with Gasteiger partial charge in [0.05, 0.1) is 36.9 Å². The van der Waals surface area contributed by atoms with Crippen molar-refractivity contribution in [2.24, 2.45) is 22.2 Å². The summed E-state index contributed by atoms with van der Waals surface area (Å²) < 4.78 is 10.5. The lowest BCUT2D eigenvalue weighted by Crippen LogP contribution is -2.48. The molecule has 2 aromatic rings. The van der Waals surface area contributed by atoms with Crippen LogP contribution in [0.1, 0.15) is 81.2 Å². The van der Waals surface area contributed by atoms with Gasteiger partial charge in [-0.15, -0.1) is 11.3 Å². The summed E-state index contributed by atoms with van der Waals surface area (Å²) in [5.74, 6) is -3.17. The number of piperidine rings is 1. The SMILES string of the molecule is COC(=O)C1=C(CC(=O)N2CCC(C3(CNC(C)=O)CCCCC3)CC2)N=C(CCc2nccs2)C(C(=O)OC)C1c1c(Cl)cccc1Cl. The van der Waals surface area contributed by atoms with Crippen LogP contribution >= 0.6 is 34.5 Å². The third-order valence-corrected chi connectivity index (χ3v) is 11.9. The van der Waals surface area contributed by atoms with Crippen LogP contribution in [0.3, 0.4) is 0 Å². The van der Waals surface area contributed by atoms with Gasteiger partial charge in [-0.2, -0.15) is 0 Å². The highest BCUT2D eigenvalue weighted by atomic mass is 35.5. The van der Waals surface area contributed by atoms with Crippen LogP contribution in [-0.2, 0) is 35.1 Å². The highest BCUT2D eigenvalue weighted by Crippen LogP contribution is 2.48. The minimum Gasteiger partial charge on any atom is -0.468 e. The van der Waals surface area contributed by atoms with Crippen molar-refractivity contribution in [1.29, 1.82) is 0 Å². The van der Waals surface area contributed by atoms with Crippen molar-refractivity contribution in [3.8, 4) is 0 Å². The number of halogens is 2. The molecule has 2 atom stereocenters. The molecule has 0 radical (unpaired) electrons. The van der Waals surface area contributed by atoms with E-state index in [1.807, 2.05) is 10.3 Å². The average molecular weight is 732 g/mol. The Morgan fingerprint density at radius 1 is 1.02 bits per heavy atom. The van der Waals surface area contributed by atoms with Crippen LogP contribution in [-0.4, -0.2) is 73.2 Å². The molecule has 2 amide bonds. The van der Waals surface area contributed by atoms with Crippen molar-refractivity contribution in [1.82, 2.24) is 15.2 Å². The van der Waals surface area contributed by atoms with Gasteiger partial charge in [0.2, 0.25) is 11.8 Å². The van der Waals surface area contributed by atoms with Gasteiger partial charge in [0.25, 0.3) is 0 Å². The molecule has 2 unspecified atom stereocenters. The van der Waals surface area contributed by atoms with Crippen molar-refractivity contribution in [3.63, 3.8) is 0 Å². The van der Waals surface area contributed by atoms with Gasteiger partial charge in [-0.05, 0) is 61.1 Å². The summed E-state index contributed by atoms with van der Waals surface area (Å²) in [6.07, 6.45) is 9.70. The molecule has 49 heavy (non-hydrogen) atoms. The van der Waals surface area contributed by atoms with Gasteiger partial charge in [0.1, 0.15) is 5.92 Å². The van der Waals surface area contributed by atoms with Gasteiger partial charge in [0.15, 0.2) is 0 Å². The number of aliphatic imine (C=N–C) groups is 1. The van der Waals surface area contributed by atoms with E-state index in [1.165, 1.54) is 32.0 Å². The number of aromatic nitrogens is 1. The largest absolute Gasteiger partial charge is 0.468 e. The Bertz CT molecular complexity index is 1580. The van der Waals surface area contributed by atoms with Crippen LogP contribution in [0, 0.1) is 17.3 Å². The summed E-state index contributed by atoms with van der Waals surface area (Å²) in [7, 11) is 2.53. The van der Waals surface area contributed by atoms with Gasteiger partial charge < -0.3 is 19.7 Å². The third kappa shape index (κ3) is 8.37. The van der Waals surface area contributed by atoms with E-state index in [0.717, 1.165) is 43.5 Å². The Labute approximate surface area is 301 Å². The second-order valence-corrected chi connectivity index (χ2v) is 15.0. The summed E-state index contributed by atoms with van der Waals surface area (Å²) in [5.41, 5.74) is 1.15. The molecular formula is C36H44Cl2N4O6S. The summed E-state index contributed by atoms with van der Waals surface area (Å²) in [6.45, 7) is 3.36. The summed E-state index contributed by atoms with van der Waals surface area (Å²) in [6, 6.07) is 4.98. The number of ether oxygens (including phenoxy) is 2. The molecule has 3 aliphatic rings. The second kappa shape index (κ2) is 16.6. The highest BCUT2D eigenvalue weighted by molar-refractivity contribution is 7.09. The van der Waals surface area contributed by atoms with E-state index in [0.29, 0.717) is 49.7 Å². The highest BCUT2D eigenvalue weighted by Gasteiger charge is 2.46. The van der Waals surface area contributed by atoms with E-state index < -0.39 is 23.8 Å². The van der Waals surface area contributed by atoms with Crippen LogP contribution < -0.4 is 5.32 Å². The van der Waals surface area contributed by atoms with Gasteiger partial charge in [-0.25, -0.2) is 9.78 Å². The number of benzene rings is 1. The van der Waals surface area contributed by atoms with Crippen LogP contribution in [0.5, 0.6) is 0 Å². The smallest absolute Gasteiger partial charge is 0.336 e. The molecule has 1 saturated heterocycles. The number of thiazole rings is 1. The predicted molar refractivity (Wildman–Crippen MR) is 190 cm³/mol. The fourth-order valence-electron chi connectivity index (χ4n) is 7.95. The molecule has 264 valence electrons. The lowest BCUT2D eigenvalue weighted by Gasteiger charge is -2.47. The molecule has 5 rings (SSSR count). The lowest BCUT2D eigenvalue weighted by molar-refractivity contribution is -0.143. The van der Waals surface area contributed by atoms with Gasteiger partial charge in [0, 0.05) is 66.2 Å². The van der Waals surface area contributed by atoms with Crippen molar-refractivity contribution in [2.45, 2.75) is 77.0 Å². The van der Waals surface area contributed by atoms with E-state index in [-0.39, 0.29) is 45.0 Å². The van der Waals surface area contributed by atoms with Crippen molar-refractivity contribution < 1.29 is 28.7 Å². The summed E-state index contributed by atoms with van der Waals surface area (Å²) >= 11 is 15.0. The summed E-state index contributed by atoms with van der Waals surface area (Å²) in [5, 5.41) is 6.34. The normalized spacial score (nSPS) is 21.2. The number of likely N-dealkylation sites (tertiary alicyclic amines) is 1. The van der Waals surface area contributed by atoms with E-state index in [9.17, 15) is 19.2 Å². The maximum atomic E-state index is 14.1. The van der Waals surface area contributed by atoms with Crippen molar-refractivity contribution in [3.05, 3.63) is 61.7 Å². The standard InChI is InChI=1S/C36H44Cl2N4O6S/c1-22(43)40-21-36(14-5-4-6-15-36)23-12-17-42(18-13-23)29(44)20-27-32(35(46)48-3)33(30-24(37)8-7-9-25(30)38)31(34(45)47-2)26(41-27)10-11-28-39-16-19-49-28/h7-9,16,19,23,31,33H,4-6,10-15,17-18,20-21H2,1-3H3,(H,40,43). The molecule has 2 aliphatic heterocycles.